The van der Waals surface area contributed by atoms with Crippen LogP contribution in [0.5, 0.6) is 0 Å². The van der Waals surface area contributed by atoms with E-state index >= 15 is 0 Å². The van der Waals surface area contributed by atoms with Gasteiger partial charge in [0.15, 0.2) is 0 Å². The number of nitriles is 1. The average Bonchev–Trinajstić information content (AvgIpc) is 2.41. The van der Waals surface area contributed by atoms with Gasteiger partial charge in [-0.2, -0.15) is 5.26 Å². The van der Waals surface area contributed by atoms with Gasteiger partial charge in [0.05, 0.1) is 6.07 Å². The Hall–Kier alpha value is -1.30. The van der Waals surface area contributed by atoms with Crippen molar-refractivity contribution >= 4 is 5.91 Å². The number of amides is 1. The van der Waals surface area contributed by atoms with Crippen LogP contribution in [0.2, 0.25) is 0 Å². The molecule has 0 saturated heterocycles. The molecule has 1 N–H and O–H groups in total. The molecule has 0 aromatic carbocycles. The minimum absolute atomic E-state index is 0.0761. The van der Waals surface area contributed by atoms with Crippen molar-refractivity contribution in [3.05, 3.63) is 12.2 Å². The maximum Gasteiger partial charge on any atom is 0.224 e. The van der Waals surface area contributed by atoms with E-state index in [0.29, 0.717) is 0 Å². The summed E-state index contributed by atoms with van der Waals surface area (Å²) in [6, 6.07) is 2.34. The van der Waals surface area contributed by atoms with E-state index in [1.807, 2.05) is 0 Å². The van der Waals surface area contributed by atoms with Crippen LogP contribution in [-0.2, 0) is 4.79 Å². The molecular weight excluding hydrogens is 212 g/mol. The van der Waals surface area contributed by atoms with E-state index in [1.165, 1.54) is 6.42 Å². The van der Waals surface area contributed by atoms with Crippen LogP contribution in [0, 0.1) is 17.2 Å². The second kappa shape index (κ2) is 5.35. The molecule has 2 aliphatic rings. The Morgan fingerprint density at radius 3 is 2.65 bits per heavy atom. The number of carbonyl (C=O) groups is 1. The van der Waals surface area contributed by atoms with E-state index in [-0.39, 0.29) is 11.8 Å². The summed E-state index contributed by atoms with van der Waals surface area (Å²) in [5.41, 5.74) is -0.573. The zero-order valence-electron chi connectivity index (χ0n) is 10.2. The van der Waals surface area contributed by atoms with E-state index in [2.05, 4.69) is 23.5 Å². The molecule has 0 aromatic rings. The number of hydrogen-bond acceptors (Lipinski definition) is 2. The van der Waals surface area contributed by atoms with E-state index in [9.17, 15) is 10.1 Å². The molecule has 1 fully saturated rings. The zero-order chi connectivity index (χ0) is 12.1. The van der Waals surface area contributed by atoms with Crippen molar-refractivity contribution < 1.29 is 4.79 Å². The predicted octanol–water partition coefficient (Wildman–Crippen LogP) is 2.69. The summed E-state index contributed by atoms with van der Waals surface area (Å²) in [5, 5.41) is 12.3. The normalized spacial score (nSPS) is 27.1. The van der Waals surface area contributed by atoms with E-state index in [1.54, 1.807) is 0 Å². The molecule has 1 atom stereocenters. The number of nitrogens with zero attached hydrogens (tertiary/aromatic N) is 1. The number of hydrogen-bond donors (Lipinski definition) is 1. The summed E-state index contributed by atoms with van der Waals surface area (Å²) in [6.45, 7) is 0. The highest BCUT2D eigenvalue weighted by atomic mass is 16.2. The molecule has 0 heterocycles. The molecular formula is C14H20N2O. The quantitative estimate of drug-likeness (QED) is 0.744. The summed E-state index contributed by atoms with van der Waals surface area (Å²) < 4.78 is 0. The first-order valence-corrected chi connectivity index (χ1v) is 6.64. The van der Waals surface area contributed by atoms with Crippen LogP contribution in [0.15, 0.2) is 12.2 Å². The van der Waals surface area contributed by atoms with Crippen LogP contribution < -0.4 is 5.32 Å². The molecule has 0 aromatic heterocycles. The van der Waals surface area contributed by atoms with E-state index < -0.39 is 5.54 Å². The van der Waals surface area contributed by atoms with Gasteiger partial charge in [-0.25, -0.2) is 0 Å². The third-order valence-electron chi connectivity index (χ3n) is 3.92. The molecule has 1 amide bonds. The number of rotatable bonds is 2. The summed E-state index contributed by atoms with van der Waals surface area (Å²) in [7, 11) is 0. The predicted molar refractivity (Wildman–Crippen MR) is 66.1 cm³/mol. The fourth-order valence-corrected chi connectivity index (χ4v) is 2.79. The van der Waals surface area contributed by atoms with Crippen LogP contribution in [0.3, 0.4) is 0 Å². The second-order valence-electron chi connectivity index (χ2n) is 5.23. The number of allylic oxidation sites excluding steroid dienone is 2. The Morgan fingerprint density at radius 2 is 2.06 bits per heavy atom. The topological polar surface area (TPSA) is 52.9 Å². The van der Waals surface area contributed by atoms with Gasteiger partial charge in [-0.3, -0.25) is 4.79 Å². The first-order chi connectivity index (χ1) is 8.26. The van der Waals surface area contributed by atoms with Crippen LogP contribution >= 0.6 is 0 Å². The monoisotopic (exact) mass is 232 g/mol. The second-order valence-corrected chi connectivity index (χ2v) is 5.23. The zero-order valence-corrected chi connectivity index (χ0v) is 10.2. The van der Waals surface area contributed by atoms with Crippen LogP contribution in [0.1, 0.15) is 51.4 Å². The highest BCUT2D eigenvalue weighted by Gasteiger charge is 2.35. The lowest BCUT2D eigenvalue weighted by Gasteiger charge is -2.33. The van der Waals surface area contributed by atoms with Crippen molar-refractivity contribution in [3.63, 3.8) is 0 Å². The summed E-state index contributed by atoms with van der Waals surface area (Å²) in [4.78, 5) is 12.1. The van der Waals surface area contributed by atoms with Gasteiger partial charge < -0.3 is 5.32 Å². The van der Waals surface area contributed by atoms with Gasteiger partial charge in [-0.1, -0.05) is 31.4 Å². The van der Waals surface area contributed by atoms with Gasteiger partial charge in [0.2, 0.25) is 5.91 Å². The van der Waals surface area contributed by atoms with Crippen molar-refractivity contribution in [2.24, 2.45) is 5.92 Å². The lowest BCUT2D eigenvalue weighted by molar-refractivity contribution is -0.126. The molecule has 3 nitrogen and oxygen atoms in total. The molecule has 17 heavy (non-hydrogen) atoms. The van der Waals surface area contributed by atoms with Crippen molar-refractivity contribution in [1.82, 2.24) is 5.32 Å². The van der Waals surface area contributed by atoms with Gasteiger partial charge in [0, 0.05) is 5.92 Å². The molecule has 1 unspecified atom stereocenters. The minimum atomic E-state index is -0.573. The Labute approximate surface area is 103 Å². The molecule has 2 aliphatic carbocycles. The van der Waals surface area contributed by atoms with Crippen LogP contribution in [0.4, 0.5) is 0 Å². The highest BCUT2D eigenvalue weighted by Crippen LogP contribution is 2.29. The Bertz CT molecular complexity index is 348. The number of nitrogens with one attached hydrogen (secondary N) is 1. The maximum absolute atomic E-state index is 12.1. The summed E-state index contributed by atoms with van der Waals surface area (Å²) in [5.74, 6) is 0.157. The molecule has 0 spiro atoms. The van der Waals surface area contributed by atoms with Crippen LogP contribution in [-0.4, -0.2) is 11.4 Å². The van der Waals surface area contributed by atoms with Crippen LogP contribution in [0.25, 0.3) is 0 Å². The Morgan fingerprint density at radius 1 is 1.29 bits per heavy atom. The third kappa shape index (κ3) is 2.88. The Kier molecular flexibility index (Phi) is 3.83. The summed E-state index contributed by atoms with van der Waals surface area (Å²) >= 11 is 0. The van der Waals surface area contributed by atoms with Crippen molar-refractivity contribution in [2.45, 2.75) is 56.9 Å². The molecule has 0 aliphatic heterocycles. The van der Waals surface area contributed by atoms with Crippen molar-refractivity contribution in [1.29, 1.82) is 5.26 Å². The fourth-order valence-electron chi connectivity index (χ4n) is 2.79. The van der Waals surface area contributed by atoms with Gasteiger partial charge in [0.25, 0.3) is 0 Å². The SMILES string of the molecule is N#CC1(NC(=O)C2CC=CCC2)CCCCC1. The molecule has 2 rings (SSSR count). The third-order valence-corrected chi connectivity index (χ3v) is 3.92. The molecule has 92 valence electrons. The fraction of sp³-hybridized carbons (Fsp3) is 0.714. The van der Waals surface area contributed by atoms with Gasteiger partial charge >= 0.3 is 0 Å². The molecule has 3 heteroatoms. The smallest absolute Gasteiger partial charge is 0.224 e. The average molecular weight is 232 g/mol. The largest absolute Gasteiger partial charge is 0.338 e. The lowest BCUT2D eigenvalue weighted by Crippen LogP contribution is -2.50. The Balaban J connectivity index is 1.96. The van der Waals surface area contributed by atoms with Crippen molar-refractivity contribution in [3.8, 4) is 6.07 Å². The molecule has 0 radical (unpaired) electrons. The van der Waals surface area contributed by atoms with E-state index in [4.69, 9.17) is 0 Å². The first-order valence-electron chi connectivity index (χ1n) is 6.64. The minimum Gasteiger partial charge on any atom is -0.338 e. The van der Waals surface area contributed by atoms with Gasteiger partial charge in [-0.15, -0.1) is 0 Å². The van der Waals surface area contributed by atoms with Crippen molar-refractivity contribution in [2.75, 3.05) is 0 Å². The highest BCUT2D eigenvalue weighted by molar-refractivity contribution is 5.80. The van der Waals surface area contributed by atoms with Gasteiger partial charge in [0.1, 0.15) is 5.54 Å². The first kappa shape index (κ1) is 12.2. The number of carbonyl (C=O) groups excluding carboxylic acids is 1. The van der Waals surface area contributed by atoms with E-state index in [0.717, 1.165) is 44.9 Å². The maximum atomic E-state index is 12.1. The molecule has 1 saturated carbocycles. The molecule has 0 bridgehead atoms. The lowest BCUT2D eigenvalue weighted by atomic mass is 9.82. The standard InChI is InChI=1S/C14H20N2O/c15-11-14(9-5-2-6-10-14)16-13(17)12-7-3-1-4-8-12/h1,3,12H,2,4-10H2,(H,16,17). The van der Waals surface area contributed by atoms with Gasteiger partial charge in [-0.05, 0) is 32.1 Å². The summed E-state index contributed by atoms with van der Waals surface area (Å²) in [6.07, 6.45) is 11.9.